The zero-order valence-corrected chi connectivity index (χ0v) is 35.6. The summed E-state index contributed by atoms with van der Waals surface area (Å²) >= 11 is 5.72. The minimum atomic E-state index is -4.71. The number of nitro benzene ring substituents is 1. The number of benzene rings is 3. The lowest BCUT2D eigenvalue weighted by molar-refractivity contribution is -0.385. The van der Waals surface area contributed by atoms with Crippen LogP contribution in [0.3, 0.4) is 0 Å². The predicted octanol–water partition coefficient (Wildman–Crippen LogP) is 6.62. The number of aliphatic carboxylic acids is 1. The van der Waals surface area contributed by atoms with Crippen LogP contribution < -0.4 is 14.9 Å². The first-order chi connectivity index (χ1) is 28.3. The standard InChI is InChI=1S/C15H12F3NO4S.C14H7ClF3NO5.C3H8NO5P.C3H9S/c1-24(21,22)12-6-9(15(16,17)18)4-5-10(12)13(20)11-7-19-23-14(11)8-2-3-8;15-10-5-7(14(16,17)18)1-4-12(10)24-8-2-3-11(19(22)23)9(6-8)13(20)21;5-3(6)1-4-2-10(7,8)9;1-4(2)3/h4-8H,2-3H2,1H3;1-6H,(H,20,21);4H,1-2H2,(H,5,6)(H2,7,8,9);1-3H3/q;;;+1/p-1. The molecular weight excluding hydrogens is 931 g/mol. The minimum Gasteiger partial charge on any atom is -0.778 e. The van der Waals surface area contributed by atoms with Crippen molar-refractivity contribution < 1.29 is 87.9 Å². The Bertz CT molecular complexity index is 2420. The van der Waals surface area contributed by atoms with E-state index in [1.807, 2.05) is 5.32 Å². The fourth-order valence-electron chi connectivity index (χ4n) is 4.50. The van der Waals surface area contributed by atoms with E-state index in [4.69, 9.17) is 36.0 Å². The highest BCUT2D eigenvalue weighted by molar-refractivity contribution is 7.94. The number of ketones is 1. The third kappa shape index (κ3) is 17.4. The summed E-state index contributed by atoms with van der Waals surface area (Å²) in [5.41, 5.74) is -3.62. The van der Waals surface area contributed by atoms with Crippen LogP contribution in [0.25, 0.3) is 0 Å². The topological polar surface area (TPSA) is 277 Å². The average Bonchev–Trinajstić information content (AvgIpc) is 3.85. The molecule has 0 saturated heterocycles. The van der Waals surface area contributed by atoms with Crippen LogP contribution in [0.5, 0.6) is 11.5 Å². The molecule has 1 atom stereocenters. The highest BCUT2D eigenvalue weighted by Crippen LogP contribution is 2.43. The fourth-order valence-corrected chi connectivity index (χ4v) is 6.01. The smallest absolute Gasteiger partial charge is 0.416 e. The summed E-state index contributed by atoms with van der Waals surface area (Å²) in [7, 11) is -7.75. The summed E-state index contributed by atoms with van der Waals surface area (Å²) in [4.78, 5) is 60.7. The maximum Gasteiger partial charge on any atom is 0.416 e. The van der Waals surface area contributed by atoms with Crippen LogP contribution in [0.1, 0.15) is 61.9 Å². The number of nitro groups is 1. The predicted molar refractivity (Wildman–Crippen MR) is 209 cm³/mol. The third-order valence-electron chi connectivity index (χ3n) is 7.21. The first-order valence-electron chi connectivity index (χ1n) is 16.7. The van der Waals surface area contributed by atoms with E-state index in [2.05, 4.69) is 23.9 Å². The fraction of sp³-hybridized carbons (Fsp3) is 0.314. The molecule has 0 amide bonds. The van der Waals surface area contributed by atoms with Crippen LogP contribution in [-0.4, -0.2) is 89.2 Å². The van der Waals surface area contributed by atoms with E-state index in [0.29, 0.717) is 34.9 Å². The zero-order chi connectivity index (χ0) is 47.5. The monoisotopic (exact) mass is 965 g/mol. The number of carboxylic acids is 2. The summed E-state index contributed by atoms with van der Waals surface area (Å²) in [6.07, 6.45) is 0.153. The Kier molecular flexibility index (Phi) is 18.7. The van der Waals surface area contributed by atoms with Gasteiger partial charge in [0.15, 0.2) is 21.4 Å². The SMILES string of the molecule is CS(=O)(=O)c1cc(C(F)(F)F)ccc1C(=O)c1cnoc1C1CC1.C[S+](C)C.O=C(O)CNCP(=O)([O-])O.O=C(O)c1cc(Oc2ccc(C(F)(F)F)cc2Cl)ccc1[N+](=O)[O-]. The maximum atomic E-state index is 12.8. The summed E-state index contributed by atoms with van der Waals surface area (Å²) in [5.74, 6) is -3.33. The molecule has 3 aromatic carbocycles. The van der Waals surface area contributed by atoms with Crippen molar-refractivity contribution >= 4 is 63.3 Å². The van der Waals surface area contributed by atoms with E-state index in [0.717, 1.165) is 55.5 Å². The molecule has 1 aliphatic rings. The van der Waals surface area contributed by atoms with E-state index in [-0.39, 0.29) is 33.6 Å². The number of hydrogen-bond acceptors (Lipinski definition) is 13. The Morgan fingerprint density at radius 3 is 1.97 bits per heavy atom. The van der Waals surface area contributed by atoms with Gasteiger partial charge in [-0.1, -0.05) is 16.8 Å². The Hall–Kier alpha value is -5.04. The van der Waals surface area contributed by atoms with Crippen molar-refractivity contribution in [3.63, 3.8) is 0 Å². The molecule has 1 aliphatic carbocycles. The molecule has 1 heterocycles. The van der Waals surface area contributed by atoms with E-state index in [1.54, 1.807) is 0 Å². The number of carboxylic acid groups (broad SMARTS) is 2. The van der Waals surface area contributed by atoms with Gasteiger partial charge in [-0.15, -0.1) is 0 Å². The van der Waals surface area contributed by atoms with Crippen molar-refractivity contribution in [3.05, 3.63) is 110 Å². The maximum absolute atomic E-state index is 12.8. The number of nitrogens with one attached hydrogen (secondary N) is 1. The van der Waals surface area contributed by atoms with Crippen molar-refractivity contribution in [2.45, 2.75) is 36.0 Å². The molecule has 1 unspecified atom stereocenters. The van der Waals surface area contributed by atoms with Gasteiger partial charge in [-0.05, 0) is 66.2 Å². The Morgan fingerprint density at radius 1 is 0.968 bits per heavy atom. The molecule has 0 spiro atoms. The van der Waals surface area contributed by atoms with Crippen LogP contribution in [0.2, 0.25) is 5.02 Å². The van der Waals surface area contributed by atoms with Gasteiger partial charge in [-0.3, -0.25) is 25.0 Å². The number of alkyl halides is 6. The van der Waals surface area contributed by atoms with Crippen LogP contribution in [-0.2, 0) is 42.4 Å². The Morgan fingerprint density at radius 2 is 1.52 bits per heavy atom. The van der Waals surface area contributed by atoms with Crippen molar-refractivity contribution in [2.24, 2.45) is 0 Å². The largest absolute Gasteiger partial charge is 0.778 e. The number of carbonyl (C=O) groups is 3. The molecule has 0 radical (unpaired) electrons. The first-order valence-corrected chi connectivity index (χ1v) is 23.2. The van der Waals surface area contributed by atoms with Gasteiger partial charge >= 0.3 is 24.3 Å². The van der Waals surface area contributed by atoms with Gasteiger partial charge in [-0.25, -0.2) is 13.2 Å². The molecular formula is C35H35ClF6N3O14PS2. The van der Waals surface area contributed by atoms with Crippen molar-refractivity contribution in [2.75, 3.05) is 37.9 Å². The van der Waals surface area contributed by atoms with E-state index in [1.165, 1.54) is 6.20 Å². The lowest BCUT2D eigenvalue weighted by Crippen LogP contribution is -2.25. The number of ether oxygens (including phenoxy) is 1. The number of hydrogen-bond donors (Lipinski definition) is 4. The quantitative estimate of drug-likeness (QED) is 0.0290. The number of aromatic carboxylic acids is 1. The molecule has 62 heavy (non-hydrogen) atoms. The highest BCUT2D eigenvalue weighted by atomic mass is 35.5. The second-order valence-corrected chi connectivity index (χ2v) is 19.4. The molecule has 17 nitrogen and oxygen atoms in total. The molecule has 1 saturated carbocycles. The zero-order valence-electron chi connectivity index (χ0n) is 32.3. The summed E-state index contributed by atoms with van der Waals surface area (Å²) < 4.78 is 120. The van der Waals surface area contributed by atoms with Gasteiger partial charge in [-0.2, -0.15) is 26.3 Å². The summed E-state index contributed by atoms with van der Waals surface area (Å²) in [6.45, 7) is -0.479. The molecule has 4 N–H and O–H groups in total. The highest BCUT2D eigenvalue weighted by Gasteiger charge is 2.36. The minimum absolute atomic E-state index is 0.0441. The second kappa shape index (κ2) is 21.8. The summed E-state index contributed by atoms with van der Waals surface area (Å²) in [5, 5.41) is 32.9. The molecule has 4 aromatic rings. The van der Waals surface area contributed by atoms with Gasteiger partial charge < -0.3 is 33.8 Å². The molecule has 27 heteroatoms. The third-order valence-corrected chi connectivity index (χ3v) is 9.27. The molecule has 1 fully saturated rings. The van der Waals surface area contributed by atoms with Gasteiger partial charge in [0.05, 0.1) is 69.3 Å². The van der Waals surface area contributed by atoms with Crippen molar-refractivity contribution in [3.8, 4) is 11.5 Å². The normalized spacial score (nSPS) is 13.5. The van der Waals surface area contributed by atoms with Crippen LogP contribution >= 0.6 is 19.2 Å². The van der Waals surface area contributed by atoms with Crippen LogP contribution in [0, 0.1) is 10.1 Å². The average molecular weight is 966 g/mol. The van der Waals surface area contributed by atoms with E-state index >= 15 is 0 Å². The molecule has 340 valence electrons. The number of nitrogens with zero attached hydrogens (tertiary/aromatic N) is 2. The molecule has 5 rings (SSSR count). The Labute approximate surface area is 355 Å². The summed E-state index contributed by atoms with van der Waals surface area (Å²) in [6, 6.07) is 7.31. The Balaban J connectivity index is 0.000000329. The second-order valence-electron chi connectivity index (χ2n) is 13.0. The van der Waals surface area contributed by atoms with E-state index in [9.17, 15) is 68.7 Å². The number of halogens is 7. The molecule has 0 bridgehead atoms. The van der Waals surface area contributed by atoms with Gasteiger partial charge in [0.1, 0.15) is 24.7 Å². The molecule has 1 aromatic heterocycles. The number of aromatic nitrogens is 1. The van der Waals surface area contributed by atoms with Gasteiger partial charge in [0, 0.05) is 29.9 Å². The van der Waals surface area contributed by atoms with Crippen molar-refractivity contribution in [1.82, 2.24) is 10.5 Å². The van der Waals surface area contributed by atoms with Crippen molar-refractivity contribution in [1.29, 1.82) is 0 Å². The lowest BCUT2D eigenvalue weighted by atomic mass is 10.0. The number of carbonyl (C=O) groups excluding carboxylic acids is 1. The number of rotatable bonds is 12. The molecule has 0 aliphatic heterocycles. The van der Waals surface area contributed by atoms with Crippen LogP contribution in [0.4, 0.5) is 32.0 Å². The van der Waals surface area contributed by atoms with Gasteiger partial charge in [0.2, 0.25) is 0 Å². The first kappa shape index (κ1) is 53.1. The van der Waals surface area contributed by atoms with E-state index < -0.39 is 92.5 Å². The lowest BCUT2D eigenvalue weighted by Gasteiger charge is -2.14. The number of sulfone groups is 1. The van der Waals surface area contributed by atoms with Crippen LogP contribution in [0.15, 0.2) is 70.2 Å². The van der Waals surface area contributed by atoms with Gasteiger partial charge in [0.25, 0.3) is 5.69 Å².